The summed E-state index contributed by atoms with van der Waals surface area (Å²) >= 11 is 0. The summed E-state index contributed by atoms with van der Waals surface area (Å²) in [7, 11) is 0. The van der Waals surface area contributed by atoms with E-state index in [1.807, 2.05) is 0 Å². The van der Waals surface area contributed by atoms with Gasteiger partial charge in [-0.25, -0.2) is 13.2 Å². The number of phenolic OH excluding ortho intramolecular Hbond substituents is 1. The summed E-state index contributed by atoms with van der Waals surface area (Å²) in [6.07, 6.45) is 0. The van der Waals surface area contributed by atoms with Gasteiger partial charge in [0.1, 0.15) is 11.6 Å². The molecule has 0 aliphatic rings. The molecule has 0 spiro atoms. The third kappa shape index (κ3) is 2.74. The van der Waals surface area contributed by atoms with E-state index in [1.165, 1.54) is 18.2 Å². The van der Waals surface area contributed by atoms with Crippen LogP contribution in [0.1, 0.15) is 5.56 Å². The van der Waals surface area contributed by atoms with Crippen molar-refractivity contribution >= 4 is 5.69 Å². The molecule has 0 radical (unpaired) electrons. The van der Waals surface area contributed by atoms with Gasteiger partial charge in [0, 0.05) is 29.9 Å². The molecule has 0 saturated heterocycles. The van der Waals surface area contributed by atoms with E-state index in [0.29, 0.717) is 5.69 Å². The molecule has 18 heavy (non-hydrogen) atoms. The lowest BCUT2D eigenvalue weighted by atomic mass is 10.2. The predicted octanol–water partition coefficient (Wildman–Crippen LogP) is 3.42. The zero-order valence-electron chi connectivity index (χ0n) is 9.25. The number of hydrogen-bond acceptors (Lipinski definition) is 2. The Bertz CT molecular complexity index is 572. The van der Waals surface area contributed by atoms with E-state index < -0.39 is 23.2 Å². The number of rotatable bonds is 3. The first-order chi connectivity index (χ1) is 8.56. The minimum absolute atomic E-state index is 0.0936. The van der Waals surface area contributed by atoms with Gasteiger partial charge in [0.15, 0.2) is 11.6 Å². The Morgan fingerprint density at radius 3 is 2.39 bits per heavy atom. The molecular formula is C13H10F3NO. The Morgan fingerprint density at radius 1 is 0.944 bits per heavy atom. The van der Waals surface area contributed by atoms with Crippen molar-refractivity contribution in [3.8, 4) is 5.75 Å². The SMILES string of the molecule is Oc1ccc(NCc2ccc(F)cc2F)cc1F. The zero-order chi connectivity index (χ0) is 13.1. The van der Waals surface area contributed by atoms with E-state index in [1.54, 1.807) is 0 Å². The first-order valence-corrected chi connectivity index (χ1v) is 5.22. The average molecular weight is 253 g/mol. The second kappa shape index (κ2) is 5.00. The van der Waals surface area contributed by atoms with Gasteiger partial charge in [0.2, 0.25) is 0 Å². The van der Waals surface area contributed by atoms with Crippen molar-refractivity contribution in [3.05, 3.63) is 59.4 Å². The molecule has 0 saturated carbocycles. The van der Waals surface area contributed by atoms with E-state index in [0.717, 1.165) is 18.2 Å². The Hall–Kier alpha value is -2.17. The second-order valence-corrected chi connectivity index (χ2v) is 3.76. The summed E-state index contributed by atoms with van der Waals surface area (Å²) in [5.41, 5.74) is 0.666. The summed E-state index contributed by atoms with van der Waals surface area (Å²) in [6.45, 7) is 0.0936. The van der Waals surface area contributed by atoms with Crippen LogP contribution in [0.25, 0.3) is 0 Å². The monoisotopic (exact) mass is 253 g/mol. The number of benzene rings is 2. The number of anilines is 1. The van der Waals surface area contributed by atoms with Gasteiger partial charge in [-0.3, -0.25) is 0 Å². The molecular weight excluding hydrogens is 243 g/mol. The largest absolute Gasteiger partial charge is 0.505 e. The van der Waals surface area contributed by atoms with E-state index in [-0.39, 0.29) is 12.1 Å². The Labute approximate surface area is 102 Å². The highest BCUT2D eigenvalue weighted by molar-refractivity contribution is 5.47. The van der Waals surface area contributed by atoms with E-state index in [2.05, 4.69) is 5.32 Å². The molecule has 2 aromatic carbocycles. The van der Waals surface area contributed by atoms with Gasteiger partial charge in [-0.15, -0.1) is 0 Å². The maximum Gasteiger partial charge on any atom is 0.166 e. The molecule has 2 rings (SSSR count). The molecule has 0 unspecified atom stereocenters. The number of nitrogens with one attached hydrogen (secondary N) is 1. The molecule has 0 aliphatic carbocycles. The number of hydrogen-bond donors (Lipinski definition) is 2. The van der Waals surface area contributed by atoms with Crippen LogP contribution in [0.2, 0.25) is 0 Å². The molecule has 2 aromatic rings. The van der Waals surface area contributed by atoms with Crippen molar-refractivity contribution in [2.45, 2.75) is 6.54 Å². The summed E-state index contributed by atoms with van der Waals surface area (Å²) < 4.78 is 39.0. The Balaban J connectivity index is 2.09. The smallest absolute Gasteiger partial charge is 0.166 e. The fourth-order valence-corrected chi connectivity index (χ4v) is 1.48. The molecule has 5 heteroatoms. The summed E-state index contributed by atoms with van der Waals surface area (Å²) in [5.74, 6) is -2.53. The minimum Gasteiger partial charge on any atom is -0.505 e. The van der Waals surface area contributed by atoms with Crippen molar-refractivity contribution in [3.63, 3.8) is 0 Å². The highest BCUT2D eigenvalue weighted by Crippen LogP contribution is 2.20. The molecule has 0 aliphatic heterocycles. The fourth-order valence-electron chi connectivity index (χ4n) is 1.48. The van der Waals surface area contributed by atoms with E-state index in [4.69, 9.17) is 5.11 Å². The highest BCUT2D eigenvalue weighted by atomic mass is 19.1. The third-order valence-corrected chi connectivity index (χ3v) is 2.45. The van der Waals surface area contributed by atoms with Crippen molar-refractivity contribution in [2.75, 3.05) is 5.32 Å². The Kier molecular flexibility index (Phi) is 3.41. The van der Waals surface area contributed by atoms with Gasteiger partial charge in [0.05, 0.1) is 0 Å². The van der Waals surface area contributed by atoms with Crippen LogP contribution >= 0.6 is 0 Å². The quantitative estimate of drug-likeness (QED) is 0.821. The summed E-state index contributed by atoms with van der Waals surface area (Å²) in [6, 6.07) is 7.00. The van der Waals surface area contributed by atoms with Crippen LogP contribution in [0.15, 0.2) is 36.4 Å². The topological polar surface area (TPSA) is 32.3 Å². The number of halogens is 3. The van der Waals surface area contributed by atoms with Crippen LogP contribution < -0.4 is 5.32 Å². The summed E-state index contributed by atoms with van der Waals surface area (Å²) in [4.78, 5) is 0. The van der Waals surface area contributed by atoms with Gasteiger partial charge in [-0.05, 0) is 18.2 Å². The average Bonchev–Trinajstić information content (AvgIpc) is 2.32. The first-order valence-electron chi connectivity index (χ1n) is 5.22. The number of phenols is 1. The van der Waals surface area contributed by atoms with Crippen molar-refractivity contribution in [1.29, 1.82) is 0 Å². The second-order valence-electron chi connectivity index (χ2n) is 3.76. The highest BCUT2D eigenvalue weighted by Gasteiger charge is 2.05. The maximum absolute atomic E-state index is 13.3. The van der Waals surface area contributed by atoms with Crippen LogP contribution in [0.4, 0.5) is 18.9 Å². The number of aromatic hydroxyl groups is 1. The van der Waals surface area contributed by atoms with Gasteiger partial charge in [-0.1, -0.05) is 6.07 Å². The van der Waals surface area contributed by atoms with E-state index >= 15 is 0 Å². The van der Waals surface area contributed by atoms with Crippen LogP contribution in [0.3, 0.4) is 0 Å². The third-order valence-electron chi connectivity index (χ3n) is 2.45. The molecule has 0 heterocycles. The van der Waals surface area contributed by atoms with Crippen LogP contribution in [0, 0.1) is 17.5 Å². The van der Waals surface area contributed by atoms with Gasteiger partial charge >= 0.3 is 0 Å². The molecule has 0 atom stereocenters. The lowest BCUT2D eigenvalue weighted by Gasteiger charge is -2.08. The van der Waals surface area contributed by atoms with Crippen molar-refractivity contribution in [1.82, 2.24) is 0 Å². The molecule has 2 nitrogen and oxygen atoms in total. The normalized spacial score (nSPS) is 10.4. The van der Waals surface area contributed by atoms with Crippen LogP contribution in [-0.4, -0.2) is 5.11 Å². The van der Waals surface area contributed by atoms with Gasteiger partial charge in [-0.2, -0.15) is 0 Å². The van der Waals surface area contributed by atoms with Crippen LogP contribution in [-0.2, 0) is 6.54 Å². The minimum atomic E-state index is -0.764. The van der Waals surface area contributed by atoms with Crippen molar-refractivity contribution < 1.29 is 18.3 Å². The molecule has 0 amide bonds. The lowest BCUT2D eigenvalue weighted by Crippen LogP contribution is -2.02. The maximum atomic E-state index is 13.3. The lowest BCUT2D eigenvalue weighted by molar-refractivity contribution is 0.432. The van der Waals surface area contributed by atoms with E-state index in [9.17, 15) is 13.2 Å². The Morgan fingerprint density at radius 2 is 1.72 bits per heavy atom. The van der Waals surface area contributed by atoms with Gasteiger partial charge in [0.25, 0.3) is 0 Å². The standard InChI is InChI=1S/C13H10F3NO/c14-9-2-1-8(11(15)5-9)7-17-10-3-4-13(18)12(16)6-10/h1-6,17-18H,7H2. The van der Waals surface area contributed by atoms with Gasteiger partial charge < -0.3 is 10.4 Å². The first kappa shape index (κ1) is 12.3. The molecule has 0 aromatic heterocycles. The van der Waals surface area contributed by atoms with Crippen molar-refractivity contribution in [2.24, 2.45) is 0 Å². The molecule has 94 valence electrons. The van der Waals surface area contributed by atoms with Crippen LogP contribution in [0.5, 0.6) is 5.75 Å². The molecule has 0 bridgehead atoms. The fraction of sp³-hybridized carbons (Fsp3) is 0.0769. The molecule has 0 fully saturated rings. The zero-order valence-corrected chi connectivity index (χ0v) is 9.25. The molecule has 2 N–H and O–H groups in total. The predicted molar refractivity (Wildman–Crippen MR) is 61.7 cm³/mol. The summed E-state index contributed by atoms with van der Waals surface area (Å²) in [5, 5.41) is 11.8.